The molecule has 4 nitrogen and oxygen atoms in total. The lowest BCUT2D eigenvalue weighted by Gasteiger charge is -2.25. The van der Waals surface area contributed by atoms with E-state index in [4.69, 9.17) is 0 Å². The van der Waals surface area contributed by atoms with Gasteiger partial charge in [-0.15, -0.1) is 0 Å². The van der Waals surface area contributed by atoms with E-state index in [0.29, 0.717) is 17.7 Å². The van der Waals surface area contributed by atoms with Gasteiger partial charge >= 0.3 is 0 Å². The standard InChI is InChI=1S/C41H32N2O2/c1-27-14-12-25-36(43-38-28(2)15-10-23-34(38)35-24-11-16-29(3)39(35)43)37(27)41(45)42(26-44)40-32(30-17-6-4-7-18-30)21-13-22-33(40)31-19-8-5-9-20-31/h4-26H,1-3H3. The molecule has 0 aliphatic rings. The highest BCUT2D eigenvalue weighted by Crippen LogP contribution is 2.41. The van der Waals surface area contributed by atoms with Crippen LogP contribution in [0.25, 0.3) is 49.7 Å². The lowest BCUT2D eigenvalue weighted by molar-refractivity contribution is -0.106. The molecule has 1 heterocycles. The number of aromatic nitrogens is 1. The van der Waals surface area contributed by atoms with Gasteiger partial charge in [0.1, 0.15) is 0 Å². The number of fused-ring (bicyclic) bond motifs is 3. The molecule has 0 N–H and O–H groups in total. The van der Waals surface area contributed by atoms with Crippen molar-refractivity contribution in [3.05, 3.63) is 156 Å². The highest BCUT2D eigenvalue weighted by atomic mass is 16.2. The zero-order chi connectivity index (χ0) is 31.1. The first-order chi connectivity index (χ1) is 22.0. The van der Waals surface area contributed by atoms with E-state index in [1.165, 1.54) is 4.90 Å². The van der Waals surface area contributed by atoms with Gasteiger partial charge in [0, 0.05) is 21.9 Å². The van der Waals surface area contributed by atoms with Gasteiger partial charge in [0.15, 0.2) is 0 Å². The van der Waals surface area contributed by atoms with Crippen LogP contribution in [0, 0.1) is 20.8 Å². The van der Waals surface area contributed by atoms with Crippen LogP contribution in [-0.4, -0.2) is 16.9 Å². The minimum Gasteiger partial charge on any atom is -0.308 e. The molecular formula is C41H32N2O2. The molecule has 7 aromatic rings. The fraction of sp³-hybridized carbons (Fsp3) is 0.0732. The van der Waals surface area contributed by atoms with Crippen molar-refractivity contribution in [1.29, 1.82) is 0 Å². The van der Waals surface area contributed by atoms with Gasteiger partial charge in [-0.3, -0.25) is 9.59 Å². The number of para-hydroxylation sites is 3. The summed E-state index contributed by atoms with van der Waals surface area (Å²) in [6, 6.07) is 44.3. The molecule has 0 atom stereocenters. The third-order valence-corrected chi connectivity index (χ3v) is 8.69. The molecule has 0 aliphatic heterocycles. The summed E-state index contributed by atoms with van der Waals surface area (Å²) >= 11 is 0. The van der Waals surface area contributed by atoms with Crippen molar-refractivity contribution in [2.24, 2.45) is 0 Å². The Balaban J connectivity index is 1.52. The summed E-state index contributed by atoms with van der Waals surface area (Å²) in [5, 5.41) is 2.25. The number of imide groups is 1. The second-order valence-corrected chi connectivity index (χ2v) is 11.5. The Kier molecular flexibility index (Phi) is 7.11. The summed E-state index contributed by atoms with van der Waals surface area (Å²) < 4.78 is 2.21. The Hall–Kier alpha value is -5.74. The minimum absolute atomic E-state index is 0.379. The quantitative estimate of drug-likeness (QED) is 0.183. The molecule has 0 saturated heterocycles. The highest BCUT2D eigenvalue weighted by molar-refractivity contribution is 6.22. The van der Waals surface area contributed by atoms with Crippen LogP contribution >= 0.6 is 0 Å². The number of carbonyl (C=O) groups excluding carboxylic acids is 2. The second-order valence-electron chi connectivity index (χ2n) is 11.5. The highest BCUT2D eigenvalue weighted by Gasteiger charge is 2.29. The Bertz CT molecular complexity index is 2110. The number of carbonyl (C=O) groups is 2. The van der Waals surface area contributed by atoms with Crippen LogP contribution in [0.2, 0.25) is 0 Å². The molecular weight excluding hydrogens is 552 g/mol. The third-order valence-electron chi connectivity index (χ3n) is 8.69. The van der Waals surface area contributed by atoms with Crippen LogP contribution in [0.3, 0.4) is 0 Å². The van der Waals surface area contributed by atoms with Crippen LogP contribution in [0.15, 0.2) is 133 Å². The maximum absolute atomic E-state index is 15.0. The molecule has 0 aliphatic carbocycles. The van der Waals surface area contributed by atoms with Crippen LogP contribution in [0.4, 0.5) is 5.69 Å². The van der Waals surface area contributed by atoms with Gasteiger partial charge in [-0.05, 0) is 54.7 Å². The maximum Gasteiger partial charge on any atom is 0.267 e. The lowest BCUT2D eigenvalue weighted by atomic mass is 9.94. The molecule has 6 aromatic carbocycles. The van der Waals surface area contributed by atoms with E-state index in [2.05, 4.69) is 54.8 Å². The summed E-state index contributed by atoms with van der Waals surface area (Å²) in [7, 11) is 0. The van der Waals surface area contributed by atoms with Crippen LogP contribution in [-0.2, 0) is 4.79 Å². The number of rotatable bonds is 6. The van der Waals surface area contributed by atoms with Crippen molar-refractivity contribution in [2.75, 3.05) is 4.90 Å². The molecule has 0 spiro atoms. The molecule has 7 rings (SSSR count). The lowest BCUT2D eigenvalue weighted by Crippen LogP contribution is -2.32. The normalized spacial score (nSPS) is 11.2. The number of benzene rings is 6. The van der Waals surface area contributed by atoms with E-state index in [-0.39, 0.29) is 5.91 Å². The molecule has 1 aromatic heterocycles. The maximum atomic E-state index is 15.0. The van der Waals surface area contributed by atoms with Gasteiger partial charge in [0.25, 0.3) is 5.91 Å². The molecule has 218 valence electrons. The first-order valence-electron chi connectivity index (χ1n) is 15.1. The molecule has 2 amide bonds. The fourth-order valence-electron chi connectivity index (χ4n) is 6.64. The summed E-state index contributed by atoms with van der Waals surface area (Å²) in [5.74, 6) is -0.379. The molecule has 0 saturated carbocycles. The Morgan fingerprint density at radius 2 is 1.02 bits per heavy atom. The van der Waals surface area contributed by atoms with E-state index in [1.54, 1.807) is 0 Å². The van der Waals surface area contributed by atoms with Gasteiger partial charge in [-0.2, -0.15) is 0 Å². The number of hydrogen-bond donors (Lipinski definition) is 0. The summed E-state index contributed by atoms with van der Waals surface area (Å²) in [6.45, 7) is 6.14. The number of anilines is 1. The third kappa shape index (κ3) is 4.63. The summed E-state index contributed by atoms with van der Waals surface area (Å²) in [6.07, 6.45) is 0.662. The van der Waals surface area contributed by atoms with Crippen LogP contribution < -0.4 is 4.90 Å². The zero-order valence-electron chi connectivity index (χ0n) is 25.5. The molecule has 4 heteroatoms. The SMILES string of the molecule is Cc1cccc(-n2c3c(C)cccc3c3cccc(C)c32)c1C(=O)N(C=O)c1c(-c2ccccc2)cccc1-c1ccccc1. The first kappa shape index (κ1) is 28.1. The van der Waals surface area contributed by atoms with Crippen molar-refractivity contribution in [3.63, 3.8) is 0 Å². The number of amides is 2. The second kappa shape index (κ2) is 11.4. The fourth-order valence-corrected chi connectivity index (χ4v) is 6.64. The molecule has 45 heavy (non-hydrogen) atoms. The first-order valence-corrected chi connectivity index (χ1v) is 15.1. The summed E-state index contributed by atoms with van der Waals surface area (Å²) in [5.41, 5.74) is 10.3. The largest absolute Gasteiger partial charge is 0.308 e. The topological polar surface area (TPSA) is 42.3 Å². The Morgan fingerprint density at radius 3 is 1.53 bits per heavy atom. The average Bonchev–Trinajstić information content (AvgIpc) is 3.42. The molecule has 0 unspecified atom stereocenters. The van der Waals surface area contributed by atoms with Crippen LogP contribution in [0.5, 0.6) is 0 Å². The van der Waals surface area contributed by atoms with E-state index >= 15 is 4.79 Å². The number of nitrogens with zero attached hydrogens (tertiary/aromatic N) is 2. The monoisotopic (exact) mass is 584 g/mol. The Labute approximate surface area is 262 Å². The predicted molar refractivity (Wildman–Crippen MR) is 185 cm³/mol. The van der Waals surface area contributed by atoms with Crippen molar-refractivity contribution >= 4 is 39.8 Å². The predicted octanol–water partition coefficient (Wildman–Crippen LogP) is 9.85. The van der Waals surface area contributed by atoms with Gasteiger partial charge in [0.2, 0.25) is 6.41 Å². The molecule has 0 radical (unpaired) electrons. The van der Waals surface area contributed by atoms with Gasteiger partial charge in [-0.25, -0.2) is 4.90 Å². The number of hydrogen-bond acceptors (Lipinski definition) is 2. The summed E-state index contributed by atoms with van der Waals surface area (Å²) in [4.78, 5) is 29.5. The average molecular weight is 585 g/mol. The van der Waals surface area contributed by atoms with E-state index in [0.717, 1.165) is 66.4 Å². The van der Waals surface area contributed by atoms with Crippen molar-refractivity contribution in [2.45, 2.75) is 20.8 Å². The van der Waals surface area contributed by atoms with Gasteiger partial charge in [0.05, 0.1) is 28.0 Å². The van der Waals surface area contributed by atoms with Gasteiger partial charge < -0.3 is 4.57 Å². The van der Waals surface area contributed by atoms with E-state index in [9.17, 15) is 4.79 Å². The minimum atomic E-state index is -0.379. The van der Waals surface area contributed by atoms with Crippen molar-refractivity contribution in [3.8, 4) is 27.9 Å². The van der Waals surface area contributed by atoms with Crippen LogP contribution in [0.1, 0.15) is 27.0 Å². The van der Waals surface area contributed by atoms with Crippen molar-refractivity contribution in [1.82, 2.24) is 4.57 Å². The molecule has 0 bridgehead atoms. The smallest absolute Gasteiger partial charge is 0.267 e. The molecule has 0 fully saturated rings. The Morgan fingerprint density at radius 1 is 0.556 bits per heavy atom. The van der Waals surface area contributed by atoms with E-state index < -0.39 is 0 Å². The van der Waals surface area contributed by atoms with E-state index in [1.807, 2.05) is 104 Å². The van der Waals surface area contributed by atoms with Gasteiger partial charge in [-0.1, -0.05) is 127 Å². The number of aryl methyl sites for hydroxylation is 3. The zero-order valence-corrected chi connectivity index (χ0v) is 25.5. The van der Waals surface area contributed by atoms with Crippen molar-refractivity contribution < 1.29 is 9.59 Å².